The van der Waals surface area contributed by atoms with Gasteiger partial charge < -0.3 is 9.47 Å². The molecule has 0 amide bonds. The lowest BCUT2D eigenvalue weighted by Gasteiger charge is -2.35. The van der Waals surface area contributed by atoms with E-state index in [1.807, 2.05) is 30.3 Å². The normalized spacial score (nSPS) is 20.6. The number of aliphatic imine (C=N–C) groups is 1. The third-order valence-corrected chi connectivity index (χ3v) is 7.23. The van der Waals surface area contributed by atoms with Crippen LogP contribution in [-0.4, -0.2) is 31.8 Å². The van der Waals surface area contributed by atoms with Crippen molar-refractivity contribution in [3.63, 3.8) is 0 Å². The van der Waals surface area contributed by atoms with Crippen LogP contribution in [0, 0.1) is 0 Å². The number of carbonyl (C=O) groups excluding carboxylic acids is 1. The molecule has 4 nitrogen and oxygen atoms in total. The van der Waals surface area contributed by atoms with Crippen LogP contribution in [0.4, 0.5) is 0 Å². The Hall–Kier alpha value is -3.40. The Morgan fingerprint density at radius 2 is 1.50 bits per heavy atom. The van der Waals surface area contributed by atoms with Gasteiger partial charge in [-0.05, 0) is 47.7 Å². The zero-order valence-corrected chi connectivity index (χ0v) is 18.4. The van der Waals surface area contributed by atoms with Crippen molar-refractivity contribution >= 4 is 11.5 Å². The van der Waals surface area contributed by atoms with Crippen molar-refractivity contribution in [3.8, 4) is 22.6 Å². The molecule has 1 aliphatic heterocycles. The van der Waals surface area contributed by atoms with Gasteiger partial charge in [0, 0.05) is 28.2 Å². The van der Waals surface area contributed by atoms with E-state index in [4.69, 9.17) is 14.5 Å². The first-order valence-corrected chi connectivity index (χ1v) is 11.3. The summed E-state index contributed by atoms with van der Waals surface area (Å²) in [6, 6.07) is 18.5. The third-order valence-electron chi connectivity index (χ3n) is 7.23. The first-order chi connectivity index (χ1) is 15.7. The molecular formula is C28H25NO3. The van der Waals surface area contributed by atoms with E-state index in [-0.39, 0.29) is 11.8 Å². The number of hydrogen-bond donors (Lipinski definition) is 0. The van der Waals surface area contributed by atoms with E-state index in [9.17, 15) is 4.79 Å². The Labute approximate surface area is 187 Å². The standard InChI is InChI=1S/C28H25NO3/c1-31-25-14-21-19-8-5-6-10-24(19)29-27(22(21)15-26(25)32-2)16-11-12-18-17-7-3-4-9-20(17)28(30)23(18)13-16/h3-4,7,9,11-15,19,24H,5-6,8,10H2,1-2H3/t19-,24-/m1/s1. The largest absolute Gasteiger partial charge is 0.493 e. The molecule has 1 saturated carbocycles. The molecule has 0 unspecified atom stereocenters. The zero-order valence-electron chi connectivity index (χ0n) is 18.4. The minimum absolute atomic E-state index is 0.0944. The second-order valence-corrected chi connectivity index (χ2v) is 8.87. The molecule has 1 fully saturated rings. The van der Waals surface area contributed by atoms with Crippen molar-refractivity contribution in [1.29, 1.82) is 0 Å². The number of rotatable bonds is 3. The highest BCUT2D eigenvalue weighted by molar-refractivity contribution is 6.23. The fourth-order valence-corrected chi connectivity index (χ4v) is 5.68. The van der Waals surface area contributed by atoms with Gasteiger partial charge in [-0.3, -0.25) is 9.79 Å². The van der Waals surface area contributed by atoms with E-state index in [0.717, 1.165) is 57.7 Å². The quantitative estimate of drug-likeness (QED) is 0.419. The molecule has 3 aromatic carbocycles. The number of methoxy groups -OCH3 is 2. The molecule has 3 aromatic rings. The minimum Gasteiger partial charge on any atom is -0.493 e. The van der Waals surface area contributed by atoms with Crippen LogP contribution in [-0.2, 0) is 0 Å². The van der Waals surface area contributed by atoms with E-state index in [2.05, 4.69) is 24.3 Å². The second kappa shape index (κ2) is 7.33. The number of nitrogens with zero attached hydrogens (tertiary/aromatic N) is 1. The third kappa shape index (κ3) is 2.75. The van der Waals surface area contributed by atoms with Crippen molar-refractivity contribution in [1.82, 2.24) is 0 Å². The molecule has 0 radical (unpaired) electrons. The van der Waals surface area contributed by atoms with Gasteiger partial charge in [0.2, 0.25) is 0 Å². The van der Waals surface area contributed by atoms with Crippen LogP contribution in [0.15, 0.2) is 59.6 Å². The highest BCUT2D eigenvalue weighted by Gasteiger charge is 2.35. The maximum Gasteiger partial charge on any atom is 0.194 e. The van der Waals surface area contributed by atoms with Gasteiger partial charge >= 0.3 is 0 Å². The smallest absolute Gasteiger partial charge is 0.194 e. The van der Waals surface area contributed by atoms with Crippen LogP contribution in [0.2, 0.25) is 0 Å². The van der Waals surface area contributed by atoms with Crippen molar-refractivity contribution < 1.29 is 14.3 Å². The first-order valence-electron chi connectivity index (χ1n) is 11.3. The molecule has 1 heterocycles. The van der Waals surface area contributed by atoms with Gasteiger partial charge in [-0.2, -0.15) is 0 Å². The maximum absolute atomic E-state index is 13.1. The van der Waals surface area contributed by atoms with E-state index >= 15 is 0 Å². The highest BCUT2D eigenvalue weighted by Crippen LogP contribution is 2.45. The number of carbonyl (C=O) groups is 1. The zero-order chi connectivity index (χ0) is 21.8. The predicted molar refractivity (Wildman–Crippen MR) is 125 cm³/mol. The first kappa shape index (κ1) is 19.3. The maximum atomic E-state index is 13.1. The van der Waals surface area contributed by atoms with Crippen LogP contribution in [0.25, 0.3) is 11.1 Å². The Kier molecular flexibility index (Phi) is 4.42. The number of benzene rings is 3. The van der Waals surface area contributed by atoms with Crippen molar-refractivity contribution in [2.24, 2.45) is 4.99 Å². The fourth-order valence-electron chi connectivity index (χ4n) is 5.68. The number of ketones is 1. The Morgan fingerprint density at radius 1 is 0.781 bits per heavy atom. The lowest BCUT2D eigenvalue weighted by atomic mass is 9.75. The van der Waals surface area contributed by atoms with E-state index in [1.165, 1.54) is 18.4 Å². The molecule has 6 rings (SSSR count). The summed E-state index contributed by atoms with van der Waals surface area (Å²) in [5.41, 5.74) is 7.89. The summed E-state index contributed by atoms with van der Waals surface area (Å²) in [4.78, 5) is 18.4. The molecule has 32 heavy (non-hydrogen) atoms. The molecule has 2 aliphatic carbocycles. The summed E-state index contributed by atoms with van der Waals surface area (Å²) >= 11 is 0. The molecule has 2 atom stereocenters. The summed E-state index contributed by atoms with van der Waals surface area (Å²) in [6.45, 7) is 0. The molecule has 0 spiro atoms. The molecule has 160 valence electrons. The Bertz CT molecular complexity index is 1290. The lowest BCUT2D eigenvalue weighted by molar-refractivity contribution is 0.104. The SMILES string of the molecule is COc1cc2c(cc1OC)[C@H]1CCCC[C@H]1N=C2c1ccc2c(c1)C(=O)c1ccccc1-2. The van der Waals surface area contributed by atoms with E-state index in [0.29, 0.717) is 11.7 Å². The second-order valence-electron chi connectivity index (χ2n) is 8.87. The van der Waals surface area contributed by atoms with Crippen LogP contribution in [0.5, 0.6) is 11.5 Å². The van der Waals surface area contributed by atoms with Crippen LogP contribution >= 0.6 is 0 Å². The van der Waals surface area contributed by atoms with Gasteiger partial charge in [0.15, 0.2) is 17.3 Å². The number of hydrogen-bond acceptors (Lipinski definition) is 4. The summed E-state index contributed by atoms with van der Waals surface area (Å²) in [5.74, 6) is 1.97. The number of ether oxygens (including phenoxy) is 2. The van der Waals surface area contributed by atoms with E-state index in [1.54, 1.807) is 14.2 Å². The summed E-state index contributed by atoms with van der Waals surface area (Å²) in [7, 11) is 3.35. The molecule has 0 saturated heterocycles. The van der Waals surface area contributed by atoms with Crippen LogP contribution in [0.3, 0.4) is 0 Å². The van der Waals surface area contributed by atoms with Crippen molar-refractivity contribution in [2.75, 3.05) is 14.2 Å². The van der Waals surface area contributed by atoms with Crippen molar-refractivity contribution in [3.05, 3.63) is 82.4 Å². The summed E-state index contributed by atoms with van der Waals surface area (Å²) in [5, 5.41) is 0. The average molecular weight is 424 g/mol. The Balaban J connectivity index is 1.52. The Morgan fingerprint density at radius 3 is 2.31 bits per heavy atom. The summed E-state index contributed by atoms with van der Waals surface area (Å²) < 4.78 is 11.2. The van der Waals surface area contributed by atoms with Gasteiger partial charge in [0.25, 0.3) is 0 Å². The summed E-state index contributed by atoms with van der Waals surface area (Å²) in [6.07, 6.45) is 4.67. The van der Waals surface area contributed by atoms with Gasteiger partial charge in [0.05, 0.1) is 26.0 Å². The van der Waals surface area contributed by atoms with Crippen LogP contribution in [0.1, 0.15) is 64.2 Å². The highest BCUT2D eigenvalue weighted by atomic mass is 16.5. The topological polar surface area (TPSA) is 47.9 Å². The monoisotopic (exact) mass is 423 g/mol. The van der Waals surface area contributed by atoms with E-state index < -0.39 is 0 Å². The molecular weight excluding hydrogens is 398 g/mol. The van der Waals surface area contributed by atoms with Gasteiger partial charge in [-0.25, -0.2) is 0 Å². The fraction of sp³-hybridized carbons (Fsp3) is 0.286. The molecule has 0 bridgehead atoms. The molecule has 0 N–H and O–H groups in total. The molecule has 3 aliphatic rings. The average Bonchev–Trinajstić information content (AvgIpc) is 3.14. The van der Waals surface area contributed by atoms with Crippen molar-refractivity contribution in [2.45, 2.75) is 37.6 Å². The lowest BCUT2D eigenvalue weighted by Crippen LogP contribution is -2.29. The predicted octanol–water partition coefficient (Wildman–Crippen LogP) is 5.79. The minimum atomic E-state index is 0.0944. The van der Waals surface area contributed by atoms with Crippen LogP contribution < -0.4 is 9.47 Å². The van der Waals surface area contributed by atoms with Gasteiger partial charge in [0.1, 0.15) is 0 Å². The van der Waals surface area contributed by atoms with Gasteiger partial charge in [-0.1, -0.05) is 49.2 Å². The molecule has 0 aromatic heterocycles. The number of fused-ring (bicyclic) bond motifs is 6. The van der Waals surface area contributed by atoms with Gasteiger partial charge in [-0.15, -0.1) is 0 Å². The molecule has 4 heteroatoms.